The molecule has 0 atom stereocenters. The predicted molar refractivity (Wildman–Crippen MR) is 143 cm³/mol. The van der Waals surface area contributed by atoms with E-state index in [2.05, 4.69) is 27.1 Å². The zero-order valence-electron chi connectivity index (χ0n) is 19.7. The fourth-order valence-corrected chi connectivity index (χ4v) is 4.09. The maximum Gasteiger partial charge on any atom is 0.219 e. The van der Waals surface area contributed by atoms with Crippen LogP contribution in [0.25, 0.3) is 10.9 Å². The van der Waals surface area contributed by atoms with Crippen LogP contribution in [0.15, 0.2) is 84.7 Å². The molecule has 6 nitrogen and oxygen atoms in total. The van der Waals surface area contributed by atoms with E-state index in [4.69, 9.17) is 16.3 Å². The highest BCUT2D eigenvalue weighted by molar-refractivity contribution is 6.32. The van der Waals surface area contributed by atoms with Gasteiger partial charge in [0.05, 0.1) is 10.5 Å². The Morgan fingerprint density at radius 1 is 1.06 bits per heavy atom. The Hall–Kier alpha value is -4.34. The number of carbonyl (C=O) groups excluding carboxylic acids is 1. The standard InChI is InChI=1S/C29H23ClN4O2/c1-20(35)34-15-13-21(14-16-34)7-8-22-9-11-27-25(17-22)29(32-19-31-27)33-23-10-12-28(26(30)18-23)36-24-5-3-2-4-6-24/h2-6,9-13,17-19H,14-16H2,1H3,(H,31,32,33). The maximum absolute atomic E-state index is 11.5. The number of fused-ring (bicyclic) bond motifs is 1. The van der Waals surface area contributed by atoms with Gasteiger partial charge in [0.1, 0.15) is 23.6 Å². The van der Waals surface area contributed by atoms with Crippen molar-refractivity contribution < 1.29 is 9.53 Å². The van der Waals surface area contributed by atoms with Gasteiger partial charge < -0.3 is 15.0 Å². The van der Waals surface area contributed by atoms with Crippen LogP contribution in [0, 0.1) is 11.8 Å². The predicted octanol–water partition coefficient (Wildman–Crippen LogP) is 6.35. The first kappa shape index (κ1) is 23.4. The van der Waals surface area contributed by atoms with Gasteiger partial charge >= 0.3 is 0 Å². The second-order valence-electron chi connectivity index (χ2n) is 8.33. The molecule has 36 heavy (non-hydrogen) atoms. The molecule has 0 fully saturated rings. The molecule has 1 N–H and O–H groups in total. The van der Waals surface area contributed by atoms with E-state index in [1.54, 1.807) is 13.0 Å². The van der Waals surface area contributed by atoms with Crippen LogP contribution in [0.4, 0.5) is 11.5 Å². The number of nitrogens with zero attached hydrogens (tertiary/aromatic N) is 3. The lowest BCUT2D eigenvalue weighted by molar-refractivity contribution is -0.128. The van der Waals surface area contributed by atoms with Gasteiger partial charge in [-0.2, -0.15) is 0 Å². The number of nitrogens with one attached hydrogen (secondary N) is 1. The summed E-state index contributed by atoms with van der Waals surface area (Å²) in [7, 11) is 0. The summed E-state index contributed by atoms with van der Waals surface area (Å²) >= 11 is 6.49. The molecule has 1 aromatic heterocycles. The van der Waals surface area contributed by atoms with E-state index < -0.39 is 0 Å². The van der Waals surface area contributed by atoms with Crippen molar-refractivity contribution in [1.82, 2.24) is 14.9 Å². The highest BCUT2D eigenvalue weighted by atomic mass is 35.5. The van der Waals surface area contributed by atoms with Crippen LogP contribution in [-0.4, -0.2) is 33.9 Å². The quantitative estimate of drug-likeness (QED) is 0.335. The van der Waals surface area contributed by atoms with Crippen LogP contribution in [0.1, 0.15) is 18.9 Å². The molecule has 2 heterocycles. The van der Waals surface area contributed by atoms with Crippen LogP contribution in [0.2, 0.25) is 5.02 Å². The second-order valence-corrected chi connectivity index (χ2v) is 8.74. The van der Waals surface area contributed by atoms with Crippen LogP contribution in [0.3, 0.4) is 0 Å². The minimum absolute atomic E-state index is 0.0902. The fraction of sp³-hybridized carbons (Fsp3) is 0.138. The molecule has 5 rings (SSSR count). The van der Waals surface area contributed by atoms with Crippen molar-refractivity contribution in [2.24, 2.45) is 0 Å². The number of para-hydroxylation sites is 1. The molecule has 1 aliphatic rings. The van der Waals surface area contributed by atoms with Gasteiger partial charge in [0.2, 0.25) is 5.91 Å². The Morgan fingerprint density at radius 3 is 2.67 bits per heavy atom. The molecule has 0 bridgehead atoms. The topological polar surface area (TPSA) is 67.4 Å². The van der Waals surface area contributed by atoms with Crippen molar-refractivity contribution in [2.45, 2.75) is 13.3 Å². The molecule has 1 amide bonds. The van der Waals surface area contributed by atoms with E-state index in [-0.39, 0.29) is 5.91 Å². The third kappa shape index (κ3) is 5.48. The van der Waals surface area contributed by atoms with E-state index in [0.717, 1.165) is 39.9 Å². The van der Waals surface area contributed by atoms with Gasteiger partial charge in [-0.05, 0) is 55.0 Å². The Morgan fingerprint density at radius 2 is 1.92 bits per heavy atom. The average molecular weight is 495 g/mol. The molecular weight excluding hydrogens is 472 g/mol. The van der Waals surface area contributed by atoms with E-state index >= 15 is 0 Å². The first-order chi connectivity index (χ1) is 17.5. The molecular formula is C29H23ClN4O2. The zero-order chi connectivity index (χ0) is 24.9. The summed E-state index contributed by atoms with van der Waals surface area (Å²) in [6.45, 7) is 2.90. The van der Waals surface area contributed by atoms with Crippen molar-refractivity contribution in [3.05, 3.63) is 95.3 Å². The third-order valence-electron chi connectivity index (χ3n) is 5.82. The molecule has 0 spiro atoms. The minimum Gasteiger partial charge on any atom is -0.456 e. The van der Waals surface area contributed by atoms with E-state index in [1.807, 2.05) is 71.6 Å². The summed E-state index contributed by atoms with van der Waals surface area (Å²) in [5, 5.41) is 4.68. The van der Waals surface area contributed by atoms with Crippen molar-refractivity contribution in [3.8, 4) is 23.3 Å². The molecule has 0 saturated heterocycles. The lowest BCUT2D eigenvalue weighted by Crippen LogP contribution is -2.32. The minimum atomic E-state index is 0.0902. The van der Waals surface area contributed by atoms with Crippen molar-refractivity contribution in [3.63, 3.8) is 0 Å². The highest BCUT2D eigenvalue weighted by Gasteiger charge is 2.12. The summed E-state index contributed by atoms with van der Waals surface area (Å²) < 4.78 is 5.87. The number of hydrogen-bond acceptors (Lipinski definition) is 5. The van der Waals surface area contributed by atoms with Crippen molar-refractivity contribution >= 4 is 39.9 Å². The molecule has 0 radical (unpaired) electrons. The maximum atomic E-state index is 11.5. The van der Waals surface area contributed by atoms with Crippen molar-refractivity contribution in [2.75, 3.05) is 18.4 Å². The molecule has 7 heteroatoms. The monoisotopic (exact) mass is 494 g/mol. The summed E-state index contributed by atoms with van der Waals surface area (Å²) in [4.78, 5) is 22.1. The number of halogens is 1. The SMILES string of the molecule is CC(=O)N1CC=C(C#Cc2ccc3ncnc(Nc4ccc(Oc5ccccc5)c(Cl)c4)c3c2)CC1. The molecule has 0 saturated carbocycles. The molecule has 1 aliphatic heterocycles. The van der Waals surface area contributed by atoms with Crippen molar-refractivity contribution in [1.29, 1.82) is 0 Å². The summed E-state index contributed by atoms with van der Waals surface area (Å²) in [6, 6.07) is 20.9. The fourth-order valence-electron chi connectivity index (χ4n) is 3.87. The number of anilines is 2. The van der Waals surface area contributed by atoms with Crippen LogP contribution < -0.4 is 10.1 Å². The Balaban J connectivity index is 1.36. The molecule has 178 valence electrons. The second kappa shape index (κ2) is 10.5. The summed E-state index contributed by atoms with van der Waals surface area (Å²) in [5.74, 6) is 8.52. The molecule has 0 unspecified atom stereocenters. The number of ether oxygens (including phenoxy) is 1. The van der Waals surface area contributed by atoms with E-state index in [1.165, 1.54) is 6.33 Å². The molecule has 4 aromatic rings. The number of rotatable bonds is 4. The van der Waals surface area contributed by atoms with E-state index in [9.17, 15) is 4.79 Å². The molecule has 0 aliphatic carbocycles. The van der Waals surface area contributed by atoms with Crippen LogP contribution in [0.5, 0.6) is 11.5 Å². The third-order valence-corrected chi connectivity index (χ3v) is 6.12. The van der Waals surface area contributed by atoms with Gasteiger partial charge in [0.15, 0.2) is 0 Å². The first-order valence-corrected chi connectivity index (χ1v) is 11.9. The highest BCUT2D eigenvalue weighted by Crippen LogP contribution is 2.33. The largest absolute Gasteiger partial charge is 0.456 e. The smallest absolute Gasteiger partial charge is 0.219 e. The number of carbonyl (C=O) groups is 1. The number of amides is 1. The lowest BCUT2D eigenvalue weighted by Gasteiger charge is -2.23. The van der Waals surface area contributed by atoms with Gasteiger partial charge in [-0.25, -0.2) is 9.97 Å². The van der Waals surface area contributed by atoms with E-state index in [0.29, 0.717) is 29.7 Å². The van der Waals surface area contributed by atoms with Crippen LogP contribution in [-0.2, 0) is 4.79 Å². The van der Waals surface area contributed by atoms with Gasteiger partial charge in [-0.3, -0.25) is 4.79 Å². The normalized spacial score (nSPS) is 12.9. The Bertz CT molecular complexity index is 1520. The summed E-state index contributed by atoms with van der Waals surface area (Å²) in [5.41, 5.74) is 3.49. The van der Waals surface area contributed by atoms with Gasteiger partial charge in [0.25, 0.3) is 0 Å². The first-order valence-electron chi connectivity index (χ1n) is 11.6. The van der Waals surface area contributed by atoms with Gasteiger partial charge in [-0.1, -0.05) is 47.7 Å². The Kier molecular flexibility index (Phi) is 6.83. The molecule has 3 aromatic carbocycles. The van der Waals surface area contributed by atoms with Gasteiger partial charge in [0, 0.05) is 42.2 Å². The van der Waals surface area contributed by atoms with Crippen LogP contribution >= 0.6 is 11.6 Å². The number of benzene rings is 3. The van der Waals surface area contributed by atoms with Gasteiger partial charge in [-0.15, -0.1) is 0 Å². The summed E-state index contributed by atoms with van der Waals surface area (Å²) in [6.07, 6.45) is 4.31. The average Bonchev–Trinajstić information content (AvgIpc) is 2.90. The Labute approximate surface area is 214 Å². The number of hydrogen-bond donors (Lipinski definition) is 1. The lowest BCUT2D eigenvalue weighted by atomic mass is 10.1. The number of aromatic nitrogens is 2. The zero-order valence-corrected chi connectivity index (χ0v) is 20.4.